The number of nitrogens with one attached hydrogen (secondary N) is 1. The second-order valence-corrected chi connectivity index (χ2v) is 6.55. The van der Waals surface area contributed by atoms with E-state index in [9.17, 15) is 46.0 Å². The van der Waals surface area contributed by atoms with Gasteiger partial charge >= 0.3 is 12.4 Å². The predicted octanol–water partition coefficient (Wildman–Crippen LogP) is -5.99. The van der Waals surface area contributed by atoms with Crippen molar-refractivity contribution in [2.24, 2.45) is 16.5 Å². The van der Waals surface area contributed by atoms with Crippen molar-refractivity contribution in [3.05, 3.63) is 10.1 Å². The minimum absolute atomic E-state index is 0.216. The minimum atomic E-state index is -5.19. The van der Waals surface area contributed by atoms with Crippen LogP contribution in [0.5, 0.6) is 0 Å². The first kappa shape index (κ1) is 37.6. The molecule has 0 radical (unpaired) electrons. The molecule has 0 fully saturated rings. The van der Waals surface area contributed by atoms with Crippen LogP contribution in [0.4, 0.5) is 26.3 Å². The molecule has 0 rings (SSSR count). The van der Waals surface area contributed by atoms with Crippen LogP contribution in [0.1, 0.15) is 19.3 Å². The van der Waals surface area contributed by atoms with Gasteiger partial charge in [0.05, 0.1) is 6.54 Å². The number of carboxylic acids is 2. The van der Waals surface area contributed by atoms with Crippen LogP contribution in [0, 0.1) is 10.1 Å². The summed E-state index contributed by atoms with van der Waals surface area (Å²) in [6, 6.07) is -1.28. The second kappa shape index (κ2) is 17.5. The molecule has 0 aromatic rings. The monoisotopic (exact) mass is 560 g/mol. The number of amides is 2. The first-order chi connectivity index (χ1) is 16.6. The Bertz CT molecular complexity index is 785. The van der Waals surface area contributed by atoms with Crippen molar-refractivity contribution in [1.29, 1.82) is 0 Å². The van der Waals surface area contributed by atoms with E-state index in [1.807, 2.05) is 0 Å². The summed E-state index contributed by atoms with van der Waals surface area (Å²) < 4.78 is 63.1. The van der Waals surface area contributed by atoms with Gasteiger partial charge in [-0.1, -0.05) is 5.43 Å². The lowest BCUT2D eigenvalue weighted by Gasteiger charge is -2.26. The zero-order valence-corrected chi connectivity index (χ0v) is 19.1. The predicted molar refractivity (Wildman–Crippen MR) is 103 cm³/mol. The molecule has 16 nitrogen and oxygen atoms in total. The summed E-state index contributed by atoms with van der Waals surface area (Å²) >= 11 is 0. The summed E-state index contributed by atoms with van der Waals surface area (Å²) in [7, 11) is 1.50. The largest absolute Gasteiger partial charge is 0.542 e. The molecule has 0 unspecified atom stereocenters. The number of guanidine groups is 1. The molecule has 0 spiro atoms. The van der Waals surface area contributed by atoms with E-state index in [0.29, 0.717) is 25.8 Å². The summed E-state index contributed by atoms with van der Waals surface area (Å²) in [5, 5.41) is 26.9. The maximum atomic E-state index is 12.2. The van der Waals surface area contributed by atoms with Gasteiger partial charge < -0.3 is 47.6 Å². The van der Waals surface area contributed by atoms with Crippen LogP contribution >= 0.6 is 0 Å². The Morgan fingerprint density at radius 3 is 1.73 bits per heavy atom. The van der Waals surface area contributed by atoms with Crippen molar-refractivity contribution in [2.45, 2.75) is 43.7 Å². The molecule has 37 heavy (non-hydrogen) atoms. The van der Waals surface area contributed by atoms with Crippen LogP contribution in [0.25, 0.3) is 0 Å². The van der Waals surface area contributed by atoms with Crippen molar-refractivity contribution < 1.29 is 72.2 Å². The van der Waals surface area contributed by atoms with Crippen LogP contribution in [0.2, 0.25) is 0 Å². The smallest absolute Gasteiger partial charge is 0.430 e. The number of carbonyl (C=O) groups excluding carboxylic acids is 4. The van der Waals surface area contributed by atoms with Gasteiger partial charge in [-0.2, -0.15) is 26.3 Å². The number of likely N-dealkylation sites (N-methyl/N-ethyl adjacent to an activating group) is 1. The van der Waals surface area contributed by atoms with Crippen LogP contribution < -0.4 is 38.6 Å². The van der Waals surface area contributed by atoms with E-state index in [4.69, 9.17) is 31.3 Å². The summed E-state index contributed by atoms with van der Waals surface area (Å²) in [4.78, 5) is 56.3. The highest BCUT2D eigenvalue weighted by molar-refractivity contribution is 5.88. The van der Waals surface area contributed by atoms with E-state index in [0.717, 1.165) is 0 Å². The average molecular weight is 560 g/mol. The Balaban J connectivity index is -0.000000670. The van der Waals surface area contributed by atoms with Crippen molar-refractivity contribution in [1.82, 2.24) is 10.3 Å². The number of halogens is 6. The first-order valence-electron chi connectivity index (χ1n) is 9.55. The molecule has 0 aliphatic rings. The number of primary amides is 1. The highest BCUT2D eigenvalue weighted by Gasteiger charge is 2.30. The SMILES string of the molecule is CN(C(=O)[C@@H]([NH3+])CCCN=C(N)N[N+](=O)[O-])[C@@H](CC[NH3+])C(N)=O.O=C([O-])C(F)(F)F.O=C([O-])C(F)(F)F. The van der Waals surface area contributed by atoms with Crippen molar-refractivity contribution in [3.8, 4) is 0 Å². The number of nitrogens with two attached hydrogens (primary N) is 2. The van der Waals surface area contributed by atoms with Crippen molar-refractivity contribution >= 4 is 29.7 Å². The lowest BCUT2D eigenvalue weighted by Crippen LogP contribution is -2.69. The highest BCUT2D eigenvalue weighted by Crippen LogP contribution is 2.12. The molecule has 0 aliphatic heterocycles. The Kier molecular flexibility index (Phi) is 17.8. The number of nitrogens with zero attached hydrogens (tertiary/aromatic N) is 3. The van der Waals surface area contributed by atoms with Crippen molar-refractivity contribution in [3.63, 3.8) is 0 Å². The summed E-state index contributed by atoms with van der Waals surface area (Å²) in [6.45, 7) is 0.693. The van der Waals surface area contributed by atoms with Gasteiger partial charge in [-0.3, -0.25) is 9.59 Å². The standard InChI is InChI=1S/C11H24N8O4.2C2HF3O2/c1-18(8(4-5-12)9(14)20)10(21)7(13)3-2-6-16-11(15)17-19(22)23;2*3-2(4,5)1(6)7/h7-8H,2-6,12-13H2,1H3,(H2,14,20)(H3,15,16,17);2*(H,6,7)/t7-,8-;;/m0../s1. The van der Waals surface area contributed by atoms with Gasteiger partial charge in [-0.25, -0.2) is 15.1 Å². The molecule has 0 bridgehead atoms. The number of hydrogen-bond donors (Lipinski definition) is 5. The highest BCUT2D eigenvalue weighted by atomic mass is 19.4. The van der Waals surface area contributed by atoms with E-state index in [2.05, 4.69) is 16.5 Å². The fourth-order valence-electron chi connectivity index (χ4n) is 1.95. The van der Waals surface area contributed by atoms with E-state index in [-0.39, 0.29) is 18.4 Å². The normalized spacial score (nSPS) is 12.9. The van der Waals surface area contributed by atoms with E-state index in [1.165, 1.54) is 11.9 Å². The topological polar surface area (TPSA) is 292 Å². The van der Waals surface area contributed by atoms with E-state index in [1.54, 1.807) is 5.43 Å². The van der Waals surface area contributed by atoms with E-state index < -0.39 is 47.3 Å². The lowest BCUT2D eigenvalue weighted by atomic mass is 10.1. The number of rotatable bonds is 10. The quantitative estimate of drug-likeness (QED) is 0.0421. The third-order valence-corrected chi connectivity index (χ3v) is 3.63. The average Bonchev–Trinajstić information content (AvgIpc) is 2.72. The third-order valence-electron chi connectivity index (χ3n) is 3.63. The molecular weight excluding hydrogens is 534 g/mol. The molecule has 22 heteroatoms. The van der Waals surface area contributed by atoms with Gasteiger partial charge in [0.15, 0.2) is 11.1 Å². The first-order valence-corrected chi connectivity index (χ1v) is 9.55. The Hall–Kier alpha value is -3.95. The Labute approximate surface area is 203 Å². The molecule has 0 aromatic heterocycles. The van der Waals surface area contributed by atoms with Crippen LogP contribution in [0.3, 0.4) is 0 Å². The minimum Gasteiger partial charge on any atom is -0.542 e. The maximum absolute atomic E-state index is 12.2. The lowest BCUT2D eigenvalue weighted by molar-refractivity contribution is -0.525. The Morgan fingerprint density at radius 2 is 1.43 bits per heavy atom. The number of aliphatic imine (C=N–C) groups is 1. The maximum Gasteiger partial charge on any atom is 0.430 e. The molecule has 0 aromatic carbocycles. The number of nitro groups is 1. The Morgan fingerprint density at radius 1 is 1.03 bits per heavy atom. The van der Waals surface area contributed by atoms with Crippen molar-refractivity contribution in [2.75, 3.05) is 20.1 Å². The van der Waals surface area contributed by atoms with Gasteiger partial charge in [0.2, 0.25) is 5.91 Å². The molecule has 11 N–H and O–H groups in total. The molecule has 0 saturated carbocycles. The van der Waals surface area contributed by atoms with Gasteiger partial charge in [0, 0.05) is 26.4 Å². The van der Waals surface area contributed by atoms with Crippen LogP contribution in [0.15, 0.2) is 4.99 Å². The summed E-state index contributed by atoms with van der Waals surface area (Å²) in [5.41, 5.74) is 19.7. The molecule has 2 amide bonds. The zero-order chi connectivity index (χ0) is 30.1. The zero-order valence-electron chi connectivity index (χ0n) is 19.1. The second-order valence-electron chi connectivity index (χ2n) is 6.55. The third kappa shape index (κ3) is 20.0. The molecule has 0 aliphatic carbocycles. The van der Waals surface area contributed by atoms with Gasteiger partial charge in [0.25, 0.3) is 11.9 Å². The van der Waals surface area contributed by atoms with Crippen LogP contribution in [-0.2, 0) is 19.2 Å². The number of carbonyl (C=O) groups is 4. The number of hydrazine groups is 1. The number of hydrogen-bond acceptors (Lipinski definition) is 9. The molecular formula is C15H26F6N8O8. The van der Waals surface area contributed by atoms with E-state index >= 15 is 0 Å². The fraction of sp³-hybridized carbons (Fsp3) is 0.667. The fourth-order valence-corrected chi connectivity index (χ4v) is 1.95. The molecule has 2 atom stereocenters. The number of quaternary nitrogens is 2. The van der Waals surface area contributed by atoms with Gasteiger partial charge in [-0.15, -0.1) is 0 Å². The van der Waals surface area contributed by atoms with Gasteiger partial charge in [0.1, 0.15) is 18.0 Å². The van der Waals surface area contributed by atoms with Gasteiger partial charge in [-0.05, 0) is 6.42 Å². The molecule has 0 saturated heterocycles. The number of carboxylic acid groups (broad SMARTS) is 2. The summed E-state index contributed by atoms with van der Waals surface area (Å²) in [5.74, 6) is -7.20. The number of alkyl halides is 6. The molecule has 216 valence electrons. The summed E-state index contributed by atoms with van der Waals surface area (Å²) in [6.07, 6.45) is -9.14. The number of aliphatic carboxylic acids is 2. The molecule has 0 heterocycles. The van der Waals surface area contributed by atoms with Crippen LogP contribution in [-0.4, -0.2) is 84.2 Å².